The van der Waals surface area contributed by atoms with Crippen LogP contribution in [-0.2, 0) is 9.59 Å². The Labute approximate surface area is 228 Å². The molecule has 0 bridgehead atoms. The molecule has 0 aliphatic heterocycles. The fourth-order valence-electron chi connectivity index (χ4n) is 3.78. The van der Waals surface area contributed by atoms with Gasteiger partial charge in [-0.15, -0.1) is 11.3 Å². The predicted octanol–water partition coefficient (Wildman–Crippen LogP) is 4.96. The van der Waals surface area contributed by atoms with Crippen LogP contribution in [0.15, 0.2) is 66.0 Å². The summed E-state index contributed by atoms with van der Waals surface area (Å²) in [5.74, 6) is -0.0582. The Balaban J connectivity index is 2.09. The Morgan fingerprint density at radius 1 is 1.00 bits per heavy atom. The van der Waals surface area contributed by atoms with Crippen molar-refractivity contribution in [3.05, 3.63) is 76.5 Å². The number of rotatable bonds is 12. The lowest BCUT2D eigenvalue weighted by Gasteiger charge is -2.35. The van der Waals surface area contributed by atoms with Gasteiger partial charge < -0.3 is 20.1 Å². The number of hydrogen-bond acceptors (Lipinski definition) is 6. The number of carbonyl (C=O) groups is 3. The lowest BCUT2D eigenvalue weighted by Crippen LogP contribution is -2.52. The highest BCUT2D eigenvalue weighted by Crippen LogP contribution is 2.32. The van der Waals surface area contributed by atoms with Gasteiger partial charge in [0.15, 0.2) is 0 Å². The molecule has 1 heterocycles. The monoisotopic (exact) mass is 537 g/mol. The van der Waals surface area contributed by atoms with Gasteiger partial charge in [0, 0.05) is 17.3 Å². The maximum atomic E-state index is 13.9. The highest BCUT2D eigenvalue weighted by molar-refractivity contribution is 7.12. The maximum absolute atomic E-state index is 13.9. The van der Waals surface area contributed by atoms with Crippen LogP contribution >= 0.6 is 11.3 Å². The van der Waals surface area contributed by atoms with E-state index in [1.165, 1.54) is 16.2 Å². The minimum absolute atomic E-state index is 0.305. The van der Waals surface area contributed by atoms with E-state index in [-0.39, 0.29) is 18.4 Å². The van der Waals surface area contributed by atoms with Crippen LogP contribution in [-0.4, -0.2) is 43.5 Å². The summed E-state index contributed by atoms with van der Waals surface area (Å²) < 4.78 is 11.1. The van der Waals surface area contributed by atoms with Crippen molar-refractivity contribution in [1.82, 2.24) is 10.6 Å². The molecule has 0 radical (unpaired) electrons. The van der Waals surface area contributed by atoms with E-state index in [2.05, 4.69) is 10.6 Å². The van der Waals surface area contributed by atoms with E-state index in [9.17, 15) is 14.4 Å². The molecule has 3 aromatic rings. The van der Waals surface area contributed by atoms with Crippen molar-refractivity contribution in [2.45, 2.75) is 45.7 Å². The molecule has 3 rings (SSSR count). The van der Waals surface area contributed by atoms with Gasteiger partial charge in [0.2, 0.25) is 11.8 Å². The third-order valence-corrected chi connectivity index (χ3v) is 6.95. The summed E-state index contributed by atoms with van der Waals surface area (Å²) in [6.45, 7) is 7.84. The molecule has 38 heavy (non-hydrogen) atoms. The highest BCUT2D eigenvalue weighted by Gasteiger charge is 2.35. The molecular weight excluding hydrogens is 502 g/mol. The number of benzene rings is 2. The number of nitrogens with zero attached hydrogens (tertiary/aromatic N) is 1. The molecular formula is C29H35N3O5S. The first-order valence-corrected chi connectivity index (χ1v) is 13.4. The lowest BCUT2D eigenvalue weighted by atomic mass is 9.98. The average Bonchev–Trinajstić information content (AvgIpc) is 3.45. The van der Waals surface area contributed by atoms with Crippen LogP contribution in [0.3, 0.4) is 0 Å². The quantitative estimate of drug-likeness (QED) is 0.340. The molecule has 0 unspecified atom stereocenters. The number of nitrogens with one attached hydrogen (secondary N) is 2. The third-order valence-electron chi connectivity index (χ3n) is 6.08. The molecule has 202 valence electrons. The zero-order valence-corrected chi connectivity index (χ0v) is 23.3. The van der Waals surface area contributed by atoms with E-state index >= 15 is 0 Å². The summed E-state index contributed by atoms with van der Waals surface area (Å²) in [4.78, 5) is 42.3. The molecule has 0 aliphatic carbocycles. The number of ether oxygens (including phenoxy) is 2. The topological polar surface area (TPSA) is 97.0 Å². The van der Waals surface area contributed by atoms with Crippen molar-refractivity contribution in [2.75, 3.05) is 25.2 Å². The van der Waals surface area contributed by atoms with Crippen molar-refractivity contribution in [3.63, 3.8) is 0 Å². The molecule has 3 amide bonds. The molecule has 0 saturated heterocycles. The number of carbonyl (C=O) groups excluding carboxylic acids is 3. The van der Waals surface area contributed by atoms with Crippen LogP contribution in [0.4, 0.5) is 5.69 Å². The van der Waals surface area contributed by atoms with E-state index in [1.807, 2.05) is 27.7 Å². The molecule has 9 heteroatoms. The minimum Gasteiger partial charge on any atom is -0.497 e. The van der Waals surface area contributed by atoms with Gasteiger partial charge in [0.05, 0.1) is 25.1 Å². The Morgan fingerprint density at radius 3 is 2.39 bits per heavy atom. The lowest BCUT2D eigenvalue weighted by molar-refractivity contribution is -0.127. The maximum Gasteiger partial charge on any atom is 0.261 e. The van der Waals surface area contributed by atoms with Crippen LogP contribution in [0.2, 0.25) is 0 Å². The Hall–Kier alpha value is -3.85. The van der Waals surface area contributed by atoms with Crippen molar-refractivity contribution in [1.29, 1.82) is 0 Å². The van der Waals surface area contributed by atoms with Gasteiger partial charge in [0.25, 0.3) is 5.91 Å². The average molecular weight is 538 g/mol. The number of thiophene rings is 1. The molecule has 1 aromatic heterocycles. The van der Waals surface area contributed by atoms with Crippen LogP contribution in [0.25, 0.3) is 0 Å². The molecule has 0 spiro atoms. The van der Waals surface area contributed by atoms with Gasteiger partial charge in [0.1, 0.15) is 17.5 Å². The molecule has 1 atom stereocenters. The van der Waals surface area contributed by atoms with Crippen molar-refractivity contribution >= 4 is 34.7 Å². The Morgan fingerprint density at radius 2 is 1.74 bits per heavy atom. The van der Waals surface area contributed by atoms with Gasteiger partial charge >= 0.3 is 0 Å². The Bertz CT molecular complexity index is 1240. The molecule has 0 fully saturated rings. The highest BCUT2D eigenvalue weighted by atomic mass is 32.1. The summed E-state index contributed by atoms with van der Waals surface area (Å²) in [7, 11) is 1.54. The van der Waals surface area contributed by atoms with E-state index in [0.717, 1.165) is 0 Å². The number of amides is 3. The van der Waals surface area contributed by atoms with Crippen molar-refractivity contribution in [3.8, 4) is 11.5 Å². The van der Waals surface area contributed by atoms with Gasteiger partial charge in [-0.2, -0.15) is 0 Å². The Kier molecular flexibility index (Phi) is 9.90. The second-order valence-electron chi connectivity index (χ2n) is 9.26. The van der Waals surface area contributed by atoms with E-state index in [4.69, 9.17) is 9.47 Å². The summed E-state index contributed by atoms with van der Waals surface area (Å²) in [6, 6.07) is 16.5. The number of hydrogen-bond donors (Lipinski definition) is 2. The second kappa shape index (κ2) is 13.1. The normalized spacial score (nSPS) is 11.8. The zero-order chi connectivity index (χ0) is 27.7. The molecule has 0 aliphatic rings. The summed E-state index contributed by atoms with van der Waals surface area (Å²) in [6.07, 6.45) is 0.689. The van der Waals surface area contributed by atoms with E-state index in [1.54, 1.807) is 73.2 Å². The minimum atomic E-state index is -1.04. The standard InChI is InChI=1S/C29H35N3O5S/c1-6-29(3,4)31-28(35)26(20-11-8-13-22(17-20)36-5)32(21-12-9-14-23(18-21)37-7-2)25(33)19-30-27(34)24-15-10-16-38-24/h8-18,26H,6-7,19H2,1-5H3,(H,30,34)(H,31,35)/t26-/m1/s1. The first-order chi connectivity index (χ1) is 18.2. The first kappa shape index (κ1) is 28.7. The molecule has 2 N–H and O–H groups in total. The summed E-state index contributed by atoms with van der Waals surface area (Å²) in [5.41, 5.74) is 0.515. The second-order valence-corrected chi connectivity index (χ2v) is 10.2. The van der Waals surface area contributed by atoms with Crippen molar-refractivity contribution < 1.29 is 23.9 Å². The van der Waals surface area contributed by atoms with E-state index < -0.39 is 17.5 Å². The van der Waals surface area contributed by atoms with Gasteiger partial charge in [-0.25, -0.2) is 0 Å². The largest absolute Gasteiger partial charge is 0.497 e. The molecule has 0 saturated carbocycles. The molecule has 8 nitrogen and oxygen atoms in total. The van der Waals surface area contributed by atoms with Gasteiger partial charge in [-0.1, -0.05) is 31.2 Å². The van der Waals surface area contributed by atoms with Crippen LogP contribution < -0.4 is 25.0 Å². The van der Waals surface area contributed by atoms with Crippen LogP contribution in [0, 0.1) is 0 Å². The van der Waals surface area contributed by atoms with Gasteiger partial charge in [-0.05, 0) is 68.5 Å². The summed E-state index contributed by atoms with van der Waals surface area (Å²) in [5, 5.41) is 7.57. The number of methoxy groups -OCH3 is 1. The zero-order valence-electron chi connectivity index (χ0n) is 22.4. The first-order valence-electron chi connectivity index (χ1n) is 12.5. The summed E-state index contributed by atoms with van der Waals surface area (Å²) >= 11 is 1.28. The smallest absolute Gasteiger partial charge is 0.261 e. The van der Waals surface area contributed by atoms with Crippen LogP contribution in [0.1, 0.15) is 55.4 Å². The van der Waals surface area contributed by atoms with Crippen molar-refractivity contribution in [2.24, 2.45) is 0 Å². The van der Waals surface area contributed by atoms with E-state index in [0.29, 0.717) is 40.7 Å². The fourth-order valence-corrected chi connectivity index (χ4v) is 4.42. The molecule has 2 aromatic carbocycles. The SMILES string of the molecule is CCOc1cccc(N(C(=O)CNC(=O)c2cccs2)[C@@H](C(=O)NC(C)(C)CC)c2cccc(OC)c2)c1. The van der Waals surface area contributed by atoms with Gasteiger partial charge in [-0.3, -0.25) is 19.3 Å². The van der Waals surface area contributed by atoms with Crippen LogP contribution in [0.5, 0.6) is 11.5 Å². The predicted molar refractivity (Wildman–Crippen MR) is 150 cm³/mol. The third kappa shape index (κ3) is 7.35. The fraction of sp³-hybridized carbons (Fsp3) is 0.345. The number of anilines is 1.